The van der Waals surface area contributed by atoms with Gasteiger partial charge in [0.1, 0.15) is 11.3 Å². The predicted molar refractivity (Wildman–Crippen MR) is 111 cm³/mol. The number of anilines is 1. The van der Waals surface area contributed by atoms with E-state index in [1.807, 2.05) is 16.7 Å². The molecule has 156 valence electrons. The van der Waals surface area contributed by atoms with Crippen molar-refractivity contribution >= 4 is 17.2 Å². The SMILES string of the molecule is COCc1cc2nc(C34COC(C)(C3)C4)cn2cc1C(=O)Nc1cccn(C)c1=O. The zero-order valence-electron chi connectivity index (χ0n) is 17.3. The van der Waals surface area contributed by atoms with Gasteiger partial charge in [0.15, 0.2) is 0 Å². The number of methoxy groups -OCH3 is 1. The van der Waals surface area contributed by atoms with E-state index in [1.165, 1.54) is 4.57 Å². The zero-order valence-corrected chi connectivity index (χ0v) is 17.3. The number of fused-ring (bicyclic) bond motifs is 2. The Morgan fingerprint density at radius 3 is 2.87 bits per heavy atom. The molecule has 3 aliphatic rings. The molecule has 1 amide bonds. The van der Waals surface area contributed by atoms with Crippen molar-refractivity contribution in [1.29, 1.82) is 0 Å². The fraction of sp³-hybridized carbons (Fsp3) is 0.409. The lowest BCUT2D eigenvalue weighted by molar-refractivity contribution is 0.0154. The third kappa shape index (κ3) is 2.86. The summed E-state index contributed by atoms with van der Waals surface area (Å²) in [6.45, 7) is 3.09. The summed E-state index contributed by atoms with van der Waals surface area (Å²) >= 11 is 0. The monoisotopic (exact) mass is 408 g/mol. The van der Waals surface area contributed by atoms with Crippen molar-refractivity contribution in [3.05, 3.63) is 64.0 Å². The van der Waals surface area contributed by atoms with Crippen molar-refractivity contribution in [2.24, 2.45) is 7.05 Å². The molecule has 30 heavy (non-hydrogen) atoms. The molecule has 3 aromatic rings. The summed E-state index contributed by atoms with van der Waals surface area (Å²) in [6, 6.07) is 5.18. The van der Waals surface area contributed by atoms with Crippen LogP contribution in [-0.4, -0.2) is 39.2 Å². The third-order valence-electron chi connectivity index (χ3n) is 6.26. The number of rotatable bonds is 5. The average Bonchev–Trinajstić information content (AvgIpc) is 3.35. The van der Waals surface area contributed by atoms with Crippen molar-refractivity contribution in [2.75, 3.05) is 19.0 Å². The van der Waals surface area contributed by atoms with Gasteiger partial charge in [-0.25, -0.2) is 4.98 Å². The van der Waals surface area contributed by atoms with Crippen LogP contribution in [0, 0.1) is 0 Å². The number of hydrogen-bond donors (Lipinski definition) is 1. The van der Waals surface area contributed by atoms with Gasteiger partial charge in [0.25, 0.3) is 11.5 Å². The van der Waals surface area contributed by atoms with Gasteiger partial charge >= 0.3 is 0 Å². The van der Waals surface area contributed by atoms with Crippen molar-refractivity contribution < 1.29 is 14.3 Å². The minimum Gasteiger partial charge on any atom is -0.380 e. The number of amides is 1. The van der Waals surface area contributed by atoms with Gasteiger partial charge in [-0.05, 0) is 43.5 Å². The standard InChI is InChI=1S/C22H24N4O4/c1-21-11-22(12-21,13-30-21)17-9-26-8-15(14(10-29-3)7-18(26)24-17)19(27)23-16-5-4-6-25(2)20(16)28/h4-9H,10-13H2,1-3H3,(H,23,27). The van der Waals surface area contributed by atoms with Crippen LogP contribution >= 0.6 is 0 Å². The first-order chi connectivity index (χ1) is 14.3. The van der Waals surface area contributed by atoms with E-state index in [0.717, 1.165) is 24.2 Å². The van der Waals surface area contributed by atoms with Crippen LogP contribution in [0.1, 0.15) is 41.4 Å². The van der Waals surface area contributed by atoms with E-state index >= 15 is 0 Å². The quantitative estimate of drug-likeness (QED) is 0.700. The molecule has 2 aliphatic heterocycles. The number of imidazole rings is 1. The summed E-state index contributed by atoms with van der Waals surface area (Å²) in [5, 5.41) is 2.73. The van der Waals surface area contributed by atoms with Gasteiger partial charge < -0.3 is 23.8 Å². The first kappa shape index (κ1) is 19.0. The van der Waals surface area contributed by atoms with Crippen LogP contribution in [0.25, 0.3) is 5.65 Å². The molecule has 1 N–H and O–H groups in total. The van der Waals surface area contributed by atoms with Crippen LogP contribution in [0.15, 0.2) is 41.6 Å². The van der Waals surface area contributed by atoms with Gasteiger partial charge in [0.2, 0.25) is 0 Å². The molecular weight excluding hydrogens is 384 g/mol. The largest absolute Gasteiger partial charge is 0.380 e. The molecule has 0 spiro atoms. The third-order valence-corrected chi connectivity index (χ3v) is 6.26. The van der Waals surface area contributed by atoms with Crippen molar-refractivity contribution in [2.45, 2.75) is 37.4 Å². The van der Waals surface area contributed by atoms with Gasteiger partial charge in [0.05, 0.1) is 30.1 Å². The van der Waals surface area contributed by atoms with Gasteiger partial charge in [-0.2, -0.15) is 0 Å². The second-order valence-corrected chi connectivity index (χ2v) is 8.70. The van der Waals surface area contributed by atoms with Gasteiger partial charge in [-0.15, -0.1) is 0 Å². The Hall–Kier alpha value is -2.97. The maximum Gasteiger partial charge on any atom is 0.274 e. The zero-order chi connectivity index (χ0) is 21.1. The normalized spacial score (nSPS) is 24.8. The van der Waals surface area contributed by atoms with E-state index in [2.05, 4.69) is 12.2 Å². The minimum absolute atomic E-state index is 0.0239. The van der Waals surface area contributed by atoms with E-state index in [9.17, 15) is 9.59 Å². The Labute approximate surface area is 173 Å². The van der Waals surface area contributed by atoms with Crippen molar-refractivity contribution in [1.82, 2.24) is 14.0 Å². The fourth-order valence-electron chi connectivity index (χ4n) is 4.84. The fourth-order valence-corrected chi connectivity index (χ4v) is 4.84. The molecule has 0 aromatic carbocycles. The van der Waals surface area contributed by atoms with Crippen LogP contribution in [-0.2, 0) is 28.5 Å². The van der Waals surface area contributed by atoms with E-state index in [-0.39, 0.29) is 34.8 Å². The molecule has 3 aromatic heterocycles. The molecule has 2 saturated heterocycles. The van der Waals surface area contributed by atoms with E-state index in [1.54, 1.807) is 38.7 Å². The lowest BCUT2D eigenvalue weighted by Crippen LogP contribution is -2.45. The Morgan fingerprint density at radius 1 is 1.37 bits per heavy atom. The number of aromatic nitrogens is 3. The maximum absolute atomic E-state index is 13.0. The molecule has 0 unspecified atom stereocenters. The number of nitrogens with one attached hydrogen (secondary N) is 1. The topological polar surface area (TPSA) is 86.9 Å². The Balaban J connectivity index is 1.52. The van der Waals surface area contributed by atoms with E-state index in [4.69, 9.17) is 14.5 Å². The highest BCUT2D eigenvalue weighted by Gasteiger charge is 2.61. The number of carbonyl (C=O) groups is 1. The molecule has 8 nitrogen and oxygen atoms in total. The highest BCUT2D eigenvalue weighted by Crippen LogP contribution is 2.58. The first-order valence-electron chi connectivity index (χ1n) is 9.95. The summed E-state index contributed by atoms with van der Waals surface area (Å²) in [4.78, 5) is 30.1. The smallest absolute Gasteiger partial charge is 0.274 e. The second-order valence-electron chi connectivity index (χ2n) is 8.70. The van der Waals surface area contributed by atoms with Gasteiger partial charge in [0, 0.05) is 38.2 Å². The number of pyridine rings is 2. The number of carbonyl (C=O) groups excluding carboxylic acids is 1. The molecule has 2 bridgehead atoms. The van der Waals surface area contributed by atoms with E-state index in [0.29, 0.717) is 17.7 Å². The van der Waals surface area contributed by atoms with Crippen LogP contribution in [0.5, 0.6) is 0 Å². The minimum atomic E-state index is -0.360. The Bertz CT molecular complexity index is 1220. The summed E-state index contributed by atoms with van der Waals surface area (Å²) in [5.74, 6) is -0.360. The van der Waals surface area contributed by atoms with Gasteiger partial charge in [-0.1, -0.05) is 0 Å². The lowest BCUT2D eigenvalue weighted by Gasteiger charge is -2.41. The summed E-state index contributed by atoms with van der Waals surface area (Å²) in [5.41, 5.74) is 2.83. The molecule has 3 fully saturated rings. The number of ether oxygens (including phenoxy) is 2. The predicted octanol–water partition coefficient (Wildman–Crippen LogP) is 2.25. The first-order valence-corrected chi connectivity index (χ1v) is 9.95. The molecule has 6 rings (SSSR count). The molecule has 1 aliphatic carbocycles. The molecular formula is C22H24N4O4. The Kier molecular flexibility index (Phi) is 4.13. The lowest BCUT2D eigenvalue weighted by atomic mass is 9.62. The van der Waals surface area contributed by atoms with Crippen LogP contribution < -0.4 is 10.9 Å². The van der Waals surface area contributed by atoms with Crippen LogP contribution in [0.2, 0.25) is 0 Å². The summed E-state index contributed by atoms with van der Waals surface area (Å²) < 4.78 is 14.5. The highest BCUT2D eigenvalue weighted by molar-refractivity contribution is 6.05. The molecule has 0 atom stereocenters. The van der Waals surface area contributed by atoms with Gasteiger partial charge in [-0.3, -0.25) is 9.59 Å². The number of hydrogen-bond acceptors (Lipinski definition) is 5. The van der Waals surface area contributed by atoms with Crippen molar-refractivity contribution in [3.8, 4) is 0 Å². The summed E-state index contributed by atoms with van der Waals surface area (Å²) in [7, 11) is 3.23. The van der Waals surface area contributed by atoms with Crippen LogP contribution in [0.3, 0.4) is 0 Å². The number of nitrogens with zero attached hydrogens (tertiary/aromatic N) is 3. The molecule has 0 radical (unpaired) electrons. The van der Waals surface area contributed by atoms with Crippen LogP contribution in [0.4, 0.5) is 5.69 Å². The highest BCUT2D eigenvalue weighted by atomic mass is 16.5. The second kappa shape index (κ2) is 6.52. The molecule has 1 saturated carbocycles. The Morgan fingerprint density at radius 2 is 2.17 bits per heavy atom. The number of aryl methyl sites for hydroxylation is 1. The molecule has 5 heterocycles. The summed E-state index contributed by atoms with van der Waals surface area (Å²) in [6.07, 6.45) is 7.33. The maximum atomic E-state index is 13.0. The van der Waals surface area contributed by atoms with Crippen molar-refractivity contribution in [3.63, 3.8) is 0 Å². The average molecular weight is 408 g/mol. The van der Waals surface area contributed by atoms with E-state index < -0.39 is 0 Å². The molecule has 8 heteroatoms.